The molecule has 1 aliphatic carbocycles. The molecular formula is C16H30N2O3. The van der Waals surface area contributed by atoms with Gasteiger partial charge in [-0.15, -0.1) is 0 Å². The van der Waals surface area contributed by atoms with Crippen LogP contribution in [0.15, 0.2) is 0 Å². The maximum atomic E-state index is 12.3. The van der Waals surface area contributed by atoms with Gasteiger partial charge in [0.1, 0.15) is 5.54 Å². The number of rotatable bonds is 7. The van der Waals surface area contributed by atoms with Crippen molar-refractivity contribution in [1.82, 2.24) is 10.2 Å². The normalized spacial score (nSPS) is 26.9. The van der Waals surface area contributed by atoms with Crippen LogP contribution in [0.2, 0.25) is 0 Å². The Morgan fingerprint density at radius 2 is 2.24 bits per heavy atom. The minimum Gasteiger partial charge on any atom is -0.465 e. The summed E-state index contributed by atoms with van der Waals surface area (Å²) < 4.78 is 11.0. The van der Waals surface area contributed by atoms with Crippen LogP contribution < -0.4 is 5.32 Å². The zero-order chi connectivity index (χ0) is 15.3. The molecule has 2 aliphatic rings. The van der Waals surface area contributed by atoms with E-state index < -0.39 is 5.54 Å². The lowest BCUT2D eigenvalue weighted by Gasteiger charge is -2.31. The van der Waals surface area contributed by atoms with E-state index in [9.17, 15) is 4.79 Å². The fourth-order valence-corrected chi connectivity index (χ4v) is 2.87. The van der Waals surface area contributed by atoms with Crippen molar-refractivity contribution in [3.63, 3.8) is 0 Å². The Bertz CT molecular complexity index is 346. The van der Waals surface area contributed by atoms with E-state index in [0.717, 1.165) is 39.1 Å². The molecule has 1 heterocycles. The lowest BCUT2D eigenvalue weighted by atomic mass is 9.97. The molecule has 0 amide bonds. The minimum atomic E-state index is -0.562. The molecule has 2 rings (SSSR count). The molecule has 0 aromatic rings. The molecule has 1 aliphatic heterocycles. The highest BCUT2D eigenvalue weighted by atomic mass is 16.5. The third-order valence-electron chi connectivity index (χ3n) is 4.29. The number of esters is 1. The average Bonchev–Trinajstić information content (AvgIpc) is 3.25. The highest BCUT2D eigenvalue weighted by molar-refractivity contribution is 5.80. The molecule has 5 nitrogen and oxygen atoms in total. The fourth-order valence-electron chi connectivity index (χ4n) is 2.87. The number of hydrogen-bond acceptors (Lipinski definition) is 5. The molecule has 0 aromatic heterocycles. The minimum absolute atomic E-state index is 0.115. The zero-order valence-electron chi connectivity index (χ0n) is 13.7. The second-order valence-corrected chi connectivity index (χ2v) is 6.56. The van der Waals surface area contributed by atoms with Gasteiger partial charge in [0.15, 0.2) is 0 Å². The smallest absolute Gasteiger partial charge is 0.326 e. The largest absolute Gasteiger partial charge is 0.465 e. The van der Waals surface area contributed by atoms with Crippen LogP contribution in [0.4, 0.5) is 0 Å². The SMILES string of the molecule is CCOC(=O)C(C)(CCN1CCCOC(C)C1)NC1CC1. The van der Waals surface area contributed by atoms with E-state index in [0.29, 0.717) is 12.6 Å². The van der Waals surface area contributed by atoms with E-state index >= 15 is 0 Å². The van der Waals surface area contributed by atoms with E-state index in [1.54, 1.807) is 0 Å². The number of ether oxygens (including phenoxy) is 2. The van der Waals surface area contributed by atoms with Crippen LogP contribution >= 0.6 is 0 Å². The van der Waals surface area contributed by atoms with Crippen LogP contribution in [-0.2, 0) is 14.3 Å². The topological polar surface area (TPSA) is 50.8 Å². The first-order valence-corrected chi connectivity index (χ1v) is 8.32. The first kappa shape index (κ1) is 16.7. The zero-order valence-corrected chi connectivity index (χ0v) is 13.7. The van der Waals surface area contributed by atoms with E-state index in [4.69, 9.17) is 9.47 Å². The Morgan fingerprint density at radius 1 is 1.48 bits per heavy atom. The maximum absolute atomic E-state index is 12.3. The monoisotopic (exact) mass is 298 g/mol. The summed E-state index contributed by atoms with van der Waals surface area (Å²) >= 11 is 0. The first-order chi connectivity index (χ1) is 10.0. The van der Waals surface area contributed by atoms with Gasteiger partial charge in [0.25, 0.3) is 0 Å². The van der Waals surface area contributed by atoms with Crippen molar-refractivity contribution < 1.29 is 14.3 Å². The summed E-state index contributed by atoms with van der Waals surface area (Å²) in [7, 11) is 0. The van der Waals surface area contributed by atoms with Gasteiger partial charge < -0.3 is 14.4 Å². The molecule has 0 radical (unpaired) electrons. The van der Waals surface area contributed by atoms with Crippen molar-refractivity contribution in [2.45, 2.75) is 64.1 Å². The van der Waals surface area contributed by atoms with Crippen LogP contribution in [0.5, 0.6) is 0 Å². The molecule has 5 heteroatoms. The van der Waals surface area contributed by atoms with Crippen molar-refractivity contribution in [2.75, 3.05) is 32.8 Å². The van der Waals surface area contributed by atoms with Gasteiger partial charge >= 0.3 is 5.97 Å². The van der Waals surface area contributed by atoms with Gasteiger partial charge in [0.05, 0.1) is 12.7 Å². The van der Waals surface area contributed by atoms with E-state index in [1.807, 2.05) is 13.8 Å². The van der Waals surface area contributed by atoms with Crippen LogP contribution in [0.3, 0.4) is 0 Å². The van der Waals surface area contributed by atoms with Crippen molar-refractivity contribution in [3.8, 4) is 0 Å². The van der Waals surface area contributed by atoms with Gasteiger partial charge in [-0.1, -0.05) is 0 Å². The Morgan fingerprint density at radius 3 is 2.90 bits per heavy atom. The second kappa shape index (κ2) is 7.56. The maximum Gasteiger partial charge on any atom is 0.326 e. The number of nitrogens with one attached hydrogen (secondary N) is 1. The molecule has 1 saturated carbocycles. The number of carbonyl (C=O) groups is 1. The Kier molecular flexibility index (Phi) is 6.02. The van der Waals surface area contributed by atoms with E-state index in [1.165, 1.54) is 12.8 Å². The van der Waals surface area contributed by atoms with Crippen molar-refractivity contribution in [3.05, 3.63) is 0 Å². The van der Waals surface area contributed by atoms with Crippen molar-refractivity contribution in [1.29, 1.82) is 0 Å². The molecule has 1 saturated heterocycles. The molecule has 2 fully saturated rings. The van der Waals surface area contributed by atoms with Crippen molar-refractivity contribution >= 4 is 5.97 Å². The molecule has 21 heavy (non-hydrogen) atoms. The number of carbonyl (C=O) groups excluding carboxylic acids is 1. The van der Waals surface area contributed by atoms with Gasteiger partial charge in [-0.3, -0.25) is 10.1 Å². The van der Waals surface area contributed by atoms with Crippen molar-refractivity contribution in [2.24, 2.45) is 0 Å². The van der Waals surface area contributed by atoms with Crippen LogP contribution in [0.1, 0.15) is 46.5 Å². The molecule has 2 unspecified atom stereocenters. The first-order valence-electron chi connectivity index (χ1n) is 8.32. The lowest BCUT2D eigenvalue weighted by Crippen LogP contribution is -2.53. The molecule has 0 aromatic carbocycles. The summed E-state index contributed by atoms with van der Waals surface area (Å²) in [5.41, 5.74) is -0.562. The number of hydrogen-bond donors (Lipinski definition) is 1. The second-order valence-electron chi connectivity index (χ2n) is 6.56. The summed E-state index contributed by atoms with van der Waals surface area (Å²) in [4.78, 5) is 14.7. The highest BCUT2D eigenvalue weighted by Crippen LogP contribution is 2.25. The molecule has 122 valence electrons. The Hall–Kier alpha value is -0.650. The summed E-state index contributed by atoms with van der Waals surface area (Å²) in [6, 6.07) is 0.491. The van der Waals surface area contributed by atoms with Crippen LogP contribution in [0, 0.1) is 0 Å². The molecule has 0 bridgehead atoms. The van der Waals surface area contributed by atoms with E-state index in [-0.39, 0.29) is 12.1 Å². The van der Waals surface area contributed by atoms with Gasteiger partial charge in [-0.05, 0) is 46.5 Å². The van der Waals surface area contributed by atoms with Gasteiger partial charge in [-0.2, -0.15) is 0 Å². The average molecular weight is 298 g/mol. The fraction of sp³-hybridized carbons (Fsp3) is 0.938. The third kappa shape index (κ3) is 5.24. The standard InChI is InChI=1S/C16H30N2O3/c1-4-20-15(19)16(3,17-14-6-7-14)8-10-18-9-5-11-21-13(2)12-18/h13-14,17H,4-12H2,1-3H3. The summed E-state index contributed by atoms with van der Waals surface area (Å²) in [5.74, 6) is -0.115. The summed E-state index contributed by atoms with van der Waals surface area (Å²) in [6.07, 6.45) is 4.47. The molecule has 1 N–H and O–H groups in total. The predicted octanol–water partition coefficient (Wildman–Crippen LogP) is 1.56. The Labute approximate surface area is 128 Å². The Balaban J connectivity index is 1.89. The quantitative estimate of drug-likeness (QED) is 0.723. The summed E-state index contributed by atoms with van der Waals surface area (Å²) in [5, 5.41) is 3.49. The van der Waals surface area contributed by atoms with Gasteiger partial charge in [0.2, 0.25) is 0 Å². The third-order valence-corrected chi connectivity index (χ3v) is 4.29. The molecular weight excluding hydrogens is 268 g/mol. The summed E-state index contributed by atoms with van der Waals surface area (Å²) in [6.45, 7) is 10.1. The lowest BCUT2D eigenvalue weighted by molar-refractivity contribution is -0.151. The van der Waals surface area contributed by atoms with Gasteiger partial charge in [0, 0.05) is 32.3 Å². The molecule has 0 spiro atoms. The highest BCUT2D eigenvalue weighted by Gasteiger charge is 2.39. The van der Waals surface area contributed by atoms with Crippen LogP contribution in [0.25, 0.3) is 0 Å². The molecule has 2 atom stereocenters. The van der Waals surface area contributed by atoms with E-state index in [2.05, 4.69) is 17.1 Å². The van der Waals surface area contributed by atoms with Gasteiger partial charge in [-0.25, -0.2) is 0 Å². The van der Waals surface area contributed by atoms with Crippen LogP contribution in [-0.4, -0.2) is 61.4 Å². The number of nitrogens with zero attached hydrogens (tertiary/aromatic N) is 1. The predicted molar refractivity (Wildman–Crippen MR) is 82.3 cm³/mol.